The smallest absolute Gasteiger partial charge is 0.264 e. The van der Waals surface area contributed by atoms with Gasteiger partial charge in [-0.3, -0.25) is 14.4 Å². The third-order valence-corrected chi connectivity index (χ3v) is 5.68. The molecule has 6 nitrogen and oxygen atoms in total. The Kier molecular flexibility index (Phi) is 6.26. The molecule has 0 bridgehead atoms. The van der Waals surface area contributed by atoms with Crippen molar-refractivity contribution < 1.29 is 14.4 Å². The average Bonchev–Trinajstić information content (AvgIpc) is 2.99. The van der Waals surface area contributed by atoms with Crippen molar-refractivity contribution in [2.45, 2.75) is 20.8 Å². The molecule has 0 spiro atoms. The van der Waals surface area contributed by atoms with Gasteiger partial charge in [0.2, 0.25) is 11.8 Å². The highest BCUT2D eigenvalue weighted by atomic mass is 79.9. The second-order valence-electron chi connectivity index (χ2n) is 7.19. The van der Waals surface area contributed by atoms with E-state index in [2.05, 4.69) is 15.9 Å². The highest BCUT2D eigenvalue weighted by molar-refractivity contribution is 9.11. The summed E-state index contributed by atoms with van der Waals surface area (Å²) in [7, 11) is 1.63. The van der Waals surface area contributed by atoms with E-state index in [1.54, 1.807) is 18.0 Å². The Labute approximate surface area is 160 Å². The van der Waals surface area contributed by atoms with Gasteiger partial charge in [0.05, 0.1) is 15.2 Å². The summed E-state index contributed by atoms with van der Waals surface area (Å²) in [5, 5.41) is 0. The molecule has 25 heavy (non-hydrogen) atoms. The Bertz CT molecular complexity index is 660. The number of nitrogens with zero attached hydrogens (tertiary/aromatic N) is 3. The minimum absolute atomic E-state index is 0.0432. The maximum absolute atomic E-state index is 12.4. The van der Waals surface area contributed by atoms with E-state index < -0.39 is 5.41 Å². The normalized spacial score (nSPS) is 15.2. The molecule has 0 aliphatic carbocycles. The molecule has 0 aromatic carbocycles. The molecule has 8 heteroatoms. The van der Waals surface area contributed by atoms with Gasteiger partial charge in [-0.25, -0.2) is 0 Å². The van der Waals surface area contributed by atoms with Crippen molar-refractivity contribution >= 4 is 45.0 Å². The van der Waals surface area contributed by atoms with E-state index in [0.29, 0.717) is 31.1 Å². The lowest BCUT2D eigenvalue weighted by Gasteiger charge is -2.38. The third kappa shape index (κ3) is 5.04. The first-order chi connectivity index (χ1) is 11.6. The number of rotatable bonds is 3. The highest BCUT2D eigenvalue weighted by Gasteiger charge is 2.31. The molecular formula is C17H24BrN3O3S. The molecule has 1 fully saturated rings. The van der Waals surface area contributed by atoms with Gasteiger partial charge in [-0.15, -0.1) is 11.3 Å². The number of carbonyl (C=O) groups is 3. The molecular weight excluding hydrogens is 406 g/mol. The Morgan fingerprint density at radius 1 is 1.12 bits per heavy atom. The van der Waals surface area contributed by atoms with Gasteiger partial charge in [-0.1, -0.05) is 20.8 Å². The first-order valence-electron chi connectivity index (χ1n) is 8.17. The minimum atomic E-state index is -0.409. The molecule has 0 N–H and O–H groups in total. The summed E-state index contributed by atoms with van der Waals surface area (Å²) in [4.78, 5) is 42.6. The summed E-state index contributed by atoms with van der Waals surface area (Å²) in [6.45, 7) is 7.83. The molecule has 0 saturated carbocycles. The van der Waals surface area contributed by atoms with E-state index in [-0.39, 0.29) is 24.3 Å². The molecule has 1 aromatic rings. The largest absolute Gasteiger partial charge is 0.339 e. The molecule has 1 saturated heterocycles. The highest BCUT2D eigenvalue weighted by Crippen LogP contribution is 2.23. The summed E-state index contributed by atoms with van der Waals surface area (Å²) in [6, 6.07) is 3.56. The van der Waals surface area contributed by atoms with Gasteiger partial charge in [-0.05, 0) is 28.1 Å². The fourth-order valence-electron chi connectivity index (χ4n) is 2.63. The summed E-state index contributed by atoms with van der Waals surface area (Å²) in [5.41, 5.74) is -0.409. The minimum Gasteiger partial charge on any atom is -0.339 e. The fraction of sp³-hybridized carbons (Fsp3) is 0.588. The van der Waals surface area contributed by atoms with Crippen LogP contribution >= 0.6 is 27.3 Å². The predicted molar refractivity (Wildman–Crippen MR) is 102 cm³/mol. The molecule has 1 aromatic heterocycles. The molecule has 0 radical (unpaired) electrons. The zero-order valence-electron chi connectivity index (χ0n) is 15.0. The van der Waals surface area contributed by atoms with Crippen LogP contribution in [0.1, 0.15) is 30.4 Å². The van der Waals surface area contributed by atoms with E-state index in [1.807, 2.05) is 31.7 Å². The summed E-state index contributed by atoms with van der Waals surface area (Å²) in [6.07, 6.45) is 0. The van der Waals surface area contributed by atoms with Gasteiger partial charge < -0.3 is 14.7 Å². The van der Waals surface area contributed by atoms with Crippen molar-refractivity contribution in [3.05, 3.63) is 20.8 Å². The maximum atomic E-state index is 12.4. The lowest BCUT2D eigenvalue weighted by Crippen LogP contribution is -2.54. The number of thiophene rings is 1. The van der Waals surface area contributed by atoms with Crippen molar-refractivity contribution in [3.8, 4) is 0 Å². The van der Waals surface area contributed by atoms with Crippen LogP contribution < -0.4 is 0 Å². The second kappa shape index (κ2) is 7.86. The van der Waals surface area contributed by atoms with Crippen LogP contribution in [0.4, 0.5) is 0 Å². The molecule has 1 aliphatic heterocycles. The molecule has 2 heterocycles. The van der Waals surface area contributed by atoms with Gasteiger partial charge in [0, 0.05) is 38.6 Å². The van der Waals surface area contributed by atoms with E-state index >= 15 is 0 Å². The zero-order valence-corrected chi connectivity index (χ0v) is 17.4. The number of hydrogen-bond donors (Lipinski definition) is 0. The standard InChI is InChI=1S/C17H24BrN3O3S/c1-17(2,3)16(24)21-9-7-20(8-10-21)14(22)11-19(4)15(23)12-5-6-13(18)25-12/h5-6H,7-11H2,1-4H3. The quantitative estimate of drug-likeness (QED) is 0.740. The van der Waals surface area contributed by atoms with Crippen LogP contribution in [0, 0.1) is 5.41 Å². The van der Waals surface area contributed by atoms with Crippen molar-refractivity contribution in [1.82, 2.24) is 14.7 Å². The van der Waals surface area contributed by atoms with Gasteiger partial charge in [-0.2, -0.15) is 0 Å². The fourth-order valence-corrected chi connectivity index (χ4v) is 4.01. The Morgan fingerprint density at radius 2 is 1.68 bits per heavy atom. The number of halogens is 1. The summed E-state index contributed by atoms with van der Waals surface area (Å²) >= 11 is 4.68. The molecule has 0 atom stereocenters. The average molecular weight is 430 g/mol. The number of amides is 3. The Balaban J connectivity index is 1.86. The molecule has 2 rings (SSSR count). The SMILES string of the molecule is CN(CC(=O)N1CCN(C(=O)C(C)(C)C)CC1)C(=O)c1ccc(Br)s1. The van der Waals surface area contributed by atoms with E-state index in [1.165, 1.54) is 16.2 Å². The van der Waals surface area contributed by atoms with Crippen LogP contribution in [0.15, 0.2) is 15.9 Å². The lowest BCUT2D eigenvalue weighted by molar-refractivity contribution is -0.145. The second-order valence-corrected chi connectivity index (χ2v) is 9.65. The maximum Gasteiger partial charge on any atom is 0.264 e. The van der Waals surface area contributed by atoms with Gasteiger partial charge >= 0.3 is 0 Å². The first-order valence-corrected chi connectivity index (χ1v) is 9.78. The van der Waals surface area contributed by atoms with Gasteiger partial charge in [0.25, 0.3) is 5.91 Å². The zero-order chi connectivity index (χ0) is 18.8. The number of likely N-dealkylation sites (N-methyl/N-ethyl adjacent to an activating group) is 1. The van der Waals surface area contributed by atoms with Gasteiger partial charge in [0.1, 0.15) is 0 Å². The van der Waals surface area contributed by atoms with Crippen molar-refractivity contribution in [2.24, 2.45) is 5.41 Å². The number of hydrogen-bond acceptors (Lipinski definition) is 4. The third-order valence-electron chi connectivity index (χ3n) is 4.06. The van der Waals surface area contributed by atoms with E-state index in [9.17, 15) is 14.4 Å². The first kappa shape index (κ1) is 19.9. The van der Waals surface area contributed by atoms with Crippen molar-refractivity contribution in [1.29, 1.82) is 0 Å². The molecule has 138 valence electrons. The molecule has 1 aliphatic rings. The predicted octanol–water partition coefficient (Wildman–Crippen LogP) is 2.30. The lowest BCUT2D eigenvalue weighted by atomic mass is 9.94. The molecule has 3 amide bonds. The Morgan fingerprint density at radius 3 is 2.16 bits per heavy atom. The van der Waals surface area contributed by atoms with E-state index in [4.69, 9.17) is 0 Å². The van der Waals surface area contributed by atoms with Crippen LogP contribution in [0.5, 0.6) is 0 Å². The van der Waals surface area contributed by atoms with Crippen molar-refractivity contribution in [2.75, 3.05) is 39.8 Å². The van der Waals surface area contributed by atoms with Crippen LogP contribution in [0.3, 0.4) is 0 Å². The van der Waals surface area contributed by atoms with Crippen LogP contribution in [-0.2, 0) is 9.59 Å². The summed E-state index contributed by atoms with van der Waals surface area (Å²) < 4.78 is 0.884. The number of carbonyl (C=O) groups excluding carboxylic acids is 3. The van der Waals surface area contributed by atoms with Crippen molar-refractivity contribution in [3.63, 3.8) is 0 Å². The van der Waals surface area contributed by atoms with Crippen LogP contribution in [-0.4, -0.2) is 72.2 Å². The monoisotopic (exact) mass is 429 g/mol. The van der Waals surface area contributed by atoms with E-state index in [0.717, 1.165) is 3.79 Å². The topological polar surface area (TPSA) is 60.9 Å². The van der Waals surface area contributed by atoms with Crippen LogP contribution in [0.25, 0.3) is 0 Å². The Hall–Kier alpha value is -1.41. The van der Waals surface area contributed by atoms with Crippen LogP contribution in [0.2, 0.25) is 0 Å². The molecule has 0 unspecified atom stereocenters. The number of piperazine rings is 1. The van der Waals surface area contributed by atoms with Gasteiger partial charge in [0.15, 0.2) is 0 Å². The summed E-state index contributed by atoms with van der Waals surface area (Å²) in [5.74, 6) is -0.143.